The summed E-state index contributed by atoms with van der Waals surface area (Å²) >= 11 is -3.96. The fourth-order valence-corrected chi connectivity index (χ4v) is 20.4. The first-order chi connectivity index (χ1) is 10.4. The molecule has 0 aliphatic heterocycles. The summed E-state index contributed by atoms with van der Waals surface area (Å²) in [6.07, 6.45) is 2.31. The second kappa shape index (κ2) is 6.19. The van der Waals surface area contributed by atoms with Crippen LogP contribution in [0.2, 0.25) is 13.1 Å². The van der Waals surface area contributed by atoms with Gasteiger partial charge in [0.15, 0.2) is 0 Å². The molecular weight excluding hydrogens is 379 g/mol. The van der Waals surface area contributed by atoms with Crippen molar-refractivity contribution in [3.8, 4) is 0 Å². The van der Waals surface area contributed by atoms with Crippen LogP contribution in [0.15, 0.2) is 30.3 Å². The van der Waals surface area contributed by atoms with E-state index in [9.17, 15) is 0 Å². The molecule has 0 saturated heterocycles. The summed E-state index contributed by atoms with van der Waals surface area (Å²) in [4.78, 5) is 2.16. The Bertz CT molecular complexity index is 636. The average molecular weight is 408 g/mol. The topological polar surface area (TPSA) is 15.3 Å². The Labute approximate surface area is 151 Å². The minimum atomic E-state index is -3.96. The van der Waals surface area contributed by atoms with E-state index in [1.165, 1.54) is 16.8 Å². The zero-order valence-electron chi connectivity index (χ0n) is 15.2. The Morgan fingerprint density at radius 1 is 1.13 bits per heavy atom. The van der Waals surface area contributed by atoms with Gasteiger partial charge in [-0.15, -0.1) is 0 Å². The van der Waals surface area contributed by atoms with Crippen LogP contribution in [0.25, 0.3) is 5.70 Å². The van der Waals surface area contributed by atoms with Crippen molar-refractivity contribution in [1.82, 2.24) is 8.70 Å². The standard InChI is InChI=1S/C11H12N.C4H10N.C2H7Si.2ClH.Ti/c1-12(2)11-8-7-9-5-3-4-6-10(9)11;1-4(2,3)5;1-3-2;;;/h3-8H,1-2H3;5H,1-3H3;3H,1-2H3;2*1H;/q;-1;;;;+3/p-2. The number of nitrogens with zero attached hydrogens (tertiary/aromatic N) is 1. The number of rotatable bonds is 4. The maximum atomic E-state index is 7.46. The molecule has 6 heteroatoms. The molecule has 0 aromatic heterocycles. The minimum absolute atomic E-state index is 0.0956. The van der Waals surface area contributed by atoms with E-state index < -0.39 is 19.4 Å². The van der Waals surface area contributed by atoms with Gasteiger partial charge in [-0.2, -0.15) is 0 Å². The van der Waals surface area contributed by atoms with Crippen molar-refractivity contribution in [2.45, 2.75) is 43.6 Å². The molecular formula is C17H29Cl2N2SiTi. The van der Waals surface area contributed by atoms with Crippen molar-refractivity contribution in [1.29, 1.82) is 0 Å². The van der Waals surface area contributed by atoms with Gasteiger partial charge in [-0.3, -0.25) is 0 Å². The first kappa shape index (κ1) is 19.6. The maximum absolute atomic E-state index is 7.46. The Morgan fingerprint density at radius 2 is 1.70 bits per heavy atom. The van der Waals surface area contributed by atoms with Gasteiger partial charge < -0.3 is 0 Å². The van der Waals surface area contributed by atoms with Crippen LogP contribution in [0.5, 0.6) is 0 Å². The molecule has 0 saturated carbocycles. The summed E-state index contributed by atoms with van der Waals surface area (Å²) in [5.74, 6) is 0. The van der Waals surface area contributed by atoms with E-state index in [0.717, 1.165) is 0 Å². The van der Waals surface area contributed by atoms with Crippen molar-refractivity contribution in [2.24, 2.45) is 0 Å². The van der Waals surface area contributed by atoms with Gasteiger partial charge in [0.25, 0.3) is 0 Å². The summed E-state index contributed by atoms with van der Waals surface area (Å²) in [5, 5.41) is 0. The van der Waals surface area contributed by atoms with Crippen LogP contribution < -0.4 is 3.80 Å². The molecule has 1 aliphatic rings. The number of allylic oxidation sites excluding steroid dienone is 1. The van der Waals surface area contributed by atoms with Crippen molar-refractivity contribution in [3.63, 3.8) is 0 Å². The summed E-state index contributed by atoms with van der Waals surface area (Å²) in [5.41, 5.74) is 3.69. The summed E-state index contributed by atoms with van der Waals surface area (Å²) in [7, 11) is 19.1. The van der Waals surface area contributed by atoms with Crippen LogP contribution in [-0.4, -0.2) is 31.2 Å². The molecule has 1 N–H and O–H groups in total. The van der Waals surface area contributed by atoms with Crippen molar-refractivity contribution < 1.29 is 12.7 Å². The predicted octanol–water partition coefficient (Wildman–Crippen LogP) is 4.93. The van der Waals surface area contributed by atoms with Crippen LogP contribution in [-0.2, 0) is 12.7 Å². The van der Waals surface area contributed by atoms with Gasteiger partial charge in [0.05, 0.1) is 0 Å². The summed E-state index contributed by atoms with van der Waals surface area (Å²) in [6.45, 7) is 9.73. The van der Waals surface area contributed by atoms with E-state index in [4.69, 9.17) is 18.6 Å². The Kier molecular flexibility index (Phi) is 5.26. The van der Waals surface area contributed by atoms with E-state index in [0.29, 0.717) is 0 Å². The van der Waals surface area contributed by atoms with Gasteiger partial charge in [-0.1, -0.05) is 0 Å². The van der Waals surface area contributed by atoms with E-state index >= 15 is 0 Å². The van der Waals surface area contributed by atoms with Crippen molar-refractivity contribution in [2.75, 3.05) is 14.1 Å². The van der Waals surface area contributed by atoms with Crippen LogP contribution in [0, 0.1) is 0 Å². The van der Waals surface area contributed by atoms with Gasteiger partial charge >= 0.3 is 152 Å². The van der Waals surface area contributed by atoms with Crippen LogP contribution in [0.4, 0.5) is 0 Å². The predicted molar refractivity (Wildman–Crippen MR) is 104 cm³/mol. The fourth-order valence-electron chi connectivity index (χ4n) is 3.46. The van der Waals surface area contributed by atoms with Crippen molar-refractivity contribution >= 4 is 31.0 Å². The van der Waals surface area contributed by atoms with Gasteiger partial charge in [-0.05, 0) is 0 Å². The van der Waals surface area contributed by atoms with E-state index in [2.05, 4.69) is 87.0 Å². The quantitative estimate of drug-likeness (QED) is 0.711. The molecule has 1 aromatic rings. The Hall–Kier alpha value is 0.231. The first-order valence-corrected chi connectivity index (χ1v) is 19.8. The average Bonchev–Trinajstić information content (AvgIpc) is 2.76. The molecule has 0 spiro atoms. The molecule has 129 valence electrons. The number of nitrogens with one attached hydrogen (secondary N) is 1. The SMILES string of the molecule is CN(C)C1=C[CH]([Ti]([Cl])([Cl])([NH]C(C)(C)C)[SiH](C)C)c2ccccc21. The molecule has 23 heavy (non-hydrogen) atoms. The van der Waals surface area contributed by atoms with Crippen LogP contribution >= 0.6 is 18.6 Å². The molecule has 2 rings (SSSR count). The molecule has 1 atom stereocenters. The normalized spacial score (nSPS) is 20.0. The van der Waals surface area contributed by atoms with E-state index in [-0.39, 0.29) is 9.76 Å². The van der Waals surface area contributed by atoms with E-state index in [1.54, 1.807) is 0 Å². The molecule has 1 aliphatic carbocycles. The number of halogens is 2. The fraction of sp³-hybridized carbons (Fsp3) is 0.529. The molecule has 0 amide bonds. The Balaban J connectivity index is 2.66. The number of benzene rings is 1. The molecule has 1 aromatic carbocycles. The molecule has 2 nitrogen and oxygen atoms in total. The summed E-state index contributed by atoms with van der Waals surface area (Å²) < 4.78 is 3.89. The molecule has 1 unspecified atom stereocenters. The van der Waals surface area contributed by atoms with Gasteiger partial charge in [0, 0.05) is 0 Å². The molecule has 0 fully saturated rings. The van der Waals surface area contributed by atoms with Gasteiger partial charge in [-0.25, -0.2) is 0 Å². The number of fused-ring (bicyclic) bond motifs is 1. The third-order valence-corrected chi connectivity index (χ3v) is 36.7. The third-order valence-electron chi connectivity index (χ3n) is 4.62. The number of hydrogen-bond acceptors (Lipinski definition) is 2. The first-order valence-electron chi connectivity index (χ1n) is 8.22. The van der Waals surface area contributed by atoms with Crippen molar-refractivity contribution in [3.05, 3.63) is 41.5 Å². The third kappa shape index (κ3) is 3.61. The van der Waals surface area contributed by atoms with Crippen LogP contribution in [0.1, 0.15) is 36.1 Å². The number of hydrogen-bond donors (Lipinski definition) is 1. The molecule has 0 bridgehead atoms. The second-order valence-electron chi connectivity index (χ2n) is 8.19. The zero-order chi connectivity index (χ0) is 17.7. The summed E-state index contributed by atoms with van der Waals surface area (Å²) in [6, 6.07) is 8.56. The molecule has 0 heterocycles. The van der Waals surface area contributed by atoms with Gasteiger partial charge in [0.2, 0.25) is 0 Å². The van der Waals surface area contributed by atoms with Gasteiger partial charge in [0.1, 0.15) is 0 Å². The Morgan fingerprint density at radius 3 is 2.17 bits per heavy atom. The second-order valence-corrected chi connectivity index (χ2v) is 36.3. The zero-order valence-corrected chi connectivity index (χ0v) is 19.5. The van der Waals surface area contributed by atoms with E-state index in [1.807, 2.05) is 0 Å². The molecule has 0 radical (unpaired) electrons. The monoisotopic (exact) mass is 407 g/mol. The van der Waals surface area contributed by atoms with Crippen LogP contribution in [0.3, 0.4) is 0 Å².